The van der Waals surface area contributed by atoms with Crippen LogP contribution in [-0.2, 0) is 9.59 Å². The molecule has 18 heavy (non-hydrogen) atoms. The number of Topliss-reactive ketones (excluding diaryl/α,β-unsaturated/α-hetero) is 1. The topological polar surface area (TPSA) is 89.8 Å². The Kier molecular flexibility index (Phi) is 2.97. The number of ketones is 1. The zero-order chi connectivity index (χ0) is 13.3. The van der Waals surface area contributed by atoms with Crippen molar-refractivity contribution in [3.63, 3.8) is 0 Å². The fraction of sp³-hybridized carbons (Fsp3) is 0.273. The Morgan fingerprint density at radius 2 is 2.11 bits per heavy atom. The van der Waals surface area contributed by atoms with Crippen LogP contribution in [0.1, 0.15) is 6.42 Å². The molecule has 0 radical (unpaired) electrons. The van der Waals surface area contributed by atoms with Gasteiger partial charge in [-0.05, 0) is 6.07 Å². The fourth-order valence-corrected chi connectivity index (χ4v) is 1.88. The number of carbonyl (C=O) groups excluding carboxylic acids is 2. The van der Waals surface area contributed by atoms with Gasteiger partial charge in [-0.1, -0.05) is 6.07 Å². The second kappa shape index (κ2) is 4.44. The number of nitrogens with zero attached hydrogens (tertiary/aromatic N) is 2. The molecule has 0 aromatic heterocycles. The highest BCUT2D eigenvalue weighted by atomic mass is 16.6. The SMILES string of the molecule is COc1cccc([N+](=O)[O-])c1N1CC(=O)CC1=O. The molecule has 0 atom stereocenters. The lowest BCUT2D eigenvalue weighted by Crippen LogP contribution is -2.26. The van der Waals surface area contributed by atoms with Crippen molar-refractivity contribution in [1.29, 1.82) is 0 Å². The molecule has 0 aliphatic carbocycles. The number of amides is 1. The van der Waals surface area contributed by atoms with Gasteiger partial charge in [0, 0.05) is 6.07 Å². The number of para-hydroxylation sites is 1. The minimum Gasteiger partial charge on any atom is -0.494 e. The monoisotopic (exact) mass is 250 g/mol. The molecule has 1 aromatic carbocycles. The molecular formula is C11H10N2O5. The molecule has 7 heteroatoms. The highest BCUT2D eigenvalue weighted by Crippen LogP contribution is 2.38. The van der Waals surface area contributed by atoms with Gasteiger partial charge in [0.25, 0.3) is 5.69 Å². The van der Waals surface area contributed by atoms with Crippen LogP contribution in [-0.4, -0.2) is 30.3 Å². The van der Waals surface area contributed by atoms with Gasteiger partial charge in [0.05, 0.1) is 25.0 Å². The Balaban J connectivity index is 2.57. The third kappa shape index (κ3) is 1.90. The minimum absolute atomic E-state index is 0.0425. The van der Waals surface area contributed by atoms with Gasteiger partial charge in [-0.15, -0.1) is 0 Å². The summed E-state index contributed by atoms with van der Waals surface area (Å²) < 4.78 is 5.02. The highest BCUT2D eigenvalue weighted by Gasteiger charge is 2.35. The van der Waals surface area contributed by atoms with E-state index < -0.39 is 10.8 Å². The predicted octanol–water partition coefficient (Wildman–Crippen LogP) is 0.909. The summed E-state index contributed by atoms with van der Waals surface area (Å²) in [6.07, 6.45) is -0.227. The standard InChI is InChI=1S/C11H10N2O5/c1-18-9-4-2-3-8(13(16)17)11(9)12-6-7(14)5-10(12)15/h2-4H,5-6H2,1H3. The normalized spacial score (nSPS) is 15.1. The van der Waals surface area contributed by atoms with Crippen molar-refractivity contribution >= 4 is 23.1 Å². The van der Waals surface area contributed by atoms with Crippen molar-refractivity contribution in [3.05, 3.63) is 28.3 Å². The van der Waals surface area contributed by atoms with Gasteiger partial charge in [-0.3, -0.25) is 24.6 Å². The molecular weight excluding hydrogens is 240 g/mol. The minimum atomic E-state index is -0.603. The first kappa shape index (κ1) is 12.0. The van der Waals surface area contributed by atoms with Crippen molar-refractivity contribution in [2.75, 3.05) is 18.6 Å². The number of benzene rings is 1. The maximum Gasteiger partial charge on any atom is 0.296 e. The van der Waals surface area contributed by atoms with Crippen molar-refractivity contribution in [2.45, 2.75) is 6.42 Å². The molecule has 1 fully saturated rings. The number of hydrogen-bond donors (Lipinski definition) is 0. The van der Waals surface area contributed by atoms with E-state index in [9.17, 15) is 19.7 Å². The largest absolute Gasteiger partial charge is 0.494 e. The zero-order valence-corrected chi connectivity index (χ0v) is 9.58. The van der Waals surface area contributed by atoms with E-state index >= 15 is 0 Å². The number of rotatable bonds is 3. The molecule has 1 heterocycles. The quantitative estimate of drug-likeness (QED) is 0.452. The summed E-state index contributed by atoms with van der Waals surface area (Å²) >= 11 is 0. The molecule has 2 rings (SSSR count). The summed E-state index contributed by atoms with van der Waals surface area (Å²) in [7, 11) is 1.35. The Hall–Kier alpha value is -2.44. The van der Waals surface area contributed by atoms with Gasteiger partial charge in [0.1, 0.15) is 5.75 Å². The lowest BCUT2D eigenvalue weighted by molar-refractivity contribution is -0.384. The predicted molar refractivity (Wildman–Crippen MR) is 61.6 cm³/mol. The molecule has 0 bridgehead atoms. The van der Waals surface area contributed by atoms with Gasteiger partial charge < -0.3 is 4.74 Å². The summed E-state index contributed by atoms with van der Waals surface area (Å²) in [4.78, 5) is 34.4. The van der Waals surface area contributed by atoms with E-state index in [-0.39, 0.29) is 35.9 Å². The molecule has 94 valence electrons. The van der Waals surface area contributed by atoms with Crippen LogP contribution in [0.4, 0.5) is 11.4 Å². The van der Waals surface area contributed by atoms with Crippen LogP contribution in [0.2, 0.25) is 0 Å². The van der Waals surface area contributed by atoms with Gasteiger partial charge in [-0.25, -0.2) is 0 Å². The molecule has 1 amide bonds. The van der Waals surface area contributed by atoms with Crippen LogP contribution in [0.25, 0.3) is 0 Å². The third-order valence-electron chi connectivity index (χ3n) is 2.65. The second-order valence-corrected chi connectivity index (χ2v) is 3.78. The molecule has 1 aromatic rings. The maximum atomic E-state index is 11.7. The maximum absolute atomic E-state index is 11.7. The Labute approximate surface area is 102 Å². The summed E-state index contributed by atoms with van der Waals surface area (Å²) in [6, 6.07) is 4.25. The highest BCUT2D eigenvalue weighted by molar-refractivity contribution is 6.16. The second-order valence-electron chi connectivity index (χ2n) is 3.78. The van der Waals surface area contributed by atoms with Gasteiger partial charge in [0.2, 0.25) is 5.91 Å². The number of ether oxygens (including phenoxy) is 1. The van der Waals surface area contributed by atoms with Crippen molar-refractivity contribution < 1.29 is 19.2 Å². The van der Waals surface area contributed by atoms with E-state index in [1.54, 1.807) is 0 Å². The van der Waals surface area contributed by atoms with Crippen molar-refractivity contribution in [2.24, 2.45) is 0 Å². The van der Waals surface area contributed by atoms with Crippen LogP contribution in [0.3, 0.4) is 0 Å². The number of methoxy groups -OCH3 is 1. The summed E-state index contributed by atoms with van der Waals surface area (Å²) in [6.45, 7) is -0.153. The van der Waals surface area contributed by atoms with E-state index in [4.69, 9.17) is 4.74 Å². The molecule has 1 aliphatic rings. The van der Waals surface area contributed by atoms with Crippen molar-refractivity contribution in [3.8, 4) is 5.75 Å². The summed E-state index contributed by atoms with van der Waals surface area (Å²) in [5.74, 6) is -0.514. The average molecular weight is 250 g/mol. The zero-order valence-electron chi connectivity index (χ0n) is 9.58. The van der Waals surface area contributed by atoms with E-state index in [0.717, 1.165) is 4.90 Å². The number of carbonyl (C=O) groups is 2. The summed E-state index contributed by atoms with van der Waals surface area (Å²) in [5, 5.41) is 11.0. The van der Waals surface area contributed by atoms with E-state index in [2.05, 4.69) is 0 Å². The van der Waals surface area contributed by atoms with Gasteiger partial charge in [0.15, 0.2) is 11.5 Å². The molecule has 0 N–H and O–H groups in total. The summed E-state index contributed by atoms with van der Waals surface area (Å²) in [5.41, 5.74) is -0.210. The lowest BCUT2D eigenvalue weighted by Gasteiger charge is -2.17. The Morgan fingerprint density at radius 1 is 1.39 bits per heavy atom. The smallest absolute Gasteiger partial charge is 0.296 e. The van der Waals surface area contributed by atoms with Crippen LogP contribution in [0.5, 0.6) is 5.75 Å². The number of nitro benzene ring substituents is 1. The van der Waals surface area contributed by atoms with Crippen LogP contribution in [0, 0.1) is 10.1 Å². The fourth-order valence-electron chi connectivity index (χ4n) is 1.88. The van der Waals surface area contributed by atoms with Crippen LogP contribution >= 0.6 is 0 Å². The number of hydrogen-bond acceptors (Lipinski definition) is 5. The number of nitro groups is 1. The lowest BCUT2D eigenvalue weighted by atomic mass is 10.2. The molecule has 1 saturated heterocycles. The van der Waals surface area contributed by atoms with E-state index in [1.807, 2.05) is 0 Å². The van der Waals surface area contributed by atoms with Gasteiger partial charge in [-0.2, -0.15) is 0 Å². The van der Waals surface area contributed by atoms with Crippen molar-refractivity contribution in [1.82, 2.24) is 0 Å². The van der Waals surface area contributed by atoms with E-state index in [0.29, 0.717) is 0 Å². The van der Waals surface area contributed by atoms with Gasteiger partial charge >= 0.3 is 0 Å². The Bertz CT molecular complexity index is 540. The first-order valence-corrected chi connectivity index (χ1v) is 5.18. The van der Waals surface area contributed by atoms with E-state index in [1.165, 1.54) is 25.3 Å². The molecule has 0 saturated carbocycles. The first-order chi connectivity index (χ1) is 8.54. The first-order valence-electron chi connectivity index (χ1n) is 5.18. The van der Waals surface area contributed by atoms with Crippen LogP contribution in [0.15, 0.2) is 18.2 Å². The Morgan fingerprint density at radius 3 is 2.61 bits per heavy atom. The molecule has 0 spiro atoms. The number of anilines is 1. The third-order valence-corrected chi connectivity index (χ3v) is 2.65. The molecule has 1 aliphatic heterocycles. The molecule has 0 unspecified atom stereocenters. The average Bonchev–Trinajstić information content (AvgIpc) is 2.67. The molecule has 7 nitrogen and oxygen atoms in total. The van der Waals surface area contributed by atoms with Crippen LogP contribution < -0.4 is 9.64 Å².